The first kappa shape index (κ1) is 12.1. The lowest BCUT2D eigenvalue weighted by atomic mass is 10.2. The molecule has 3 rings (SSSR count). The summed E-state index contributed by atoms with van der Waals surface area (Å²) in [7, 11) is 0. The number of hydrogen-bond donors (Lipinski definition) is 1. The van der Waals surface area contributed by atoms with Gasteiger partial charge in [-0.05, 0) is 48.1 Å². The van der Waals surface area contributed by atoms with Gasteiger partial charge in [0.15, 0.2) is 4.34 Å². The summed E-state index contributed by atoms with van der Waals surface area (Å²) < 4.78 is 18.3. The maximum Gasteiger partial charge on any atom is 0.174 e. The van der Waals surface area contributed by atoms with Crippen molar-refractivity contribution in [2.24, 2.45) is 0 Å². The van der Waals surface area contributed by atoms with Crippen molar-refractivity contribution in [3.63, 3.8) is 0 Å². The van der Waals surface area contributed by atoms with Crippen LogP contribution in [0.4, 0.5) is 4.39 Å². The molecule has 0 bridgehead atoms. The summed E-state index contributed by atoms with van der Waals surface area (Å²) in [6, 6.07) is 5.75. The zero-order valence-corrected chi connectivity index (χ0v) is 11.2. The van der Waals surface area contributed by atoms with E-state index in [1.165, 1.54) is 48.5 Å². The third-order valence-corrected chi connectivity index (χ3v) is 4.34. The highest BCUT2D eigenvalue weighted by atomic mass is 32.2. The molecule has 1 fully saturated rings. The van der Waals surface area contributed by atoms with Crippen molar-refractivity contribution < 1.29 is 4.39 Å². The molecule has 0 aliphatic heterocycles. The second-order valence-electron chi connectivity index (χ2n) is 4.26. The first-order valence-corrected chi connectivity index (χ1v) is 7.36. The fourth-order valence-electron chi connectivity index (χ4n) is 1.64. The van der Waals surface area contributed by atoms with Crippen molar-refractivity contribution >= 4 is 23.3 Å². The van der Waals surface area contributed by atoms with Crippen molar-refractivity contribution in [1.29, 1.82) is 0 Å². The molecule has 18 heavy (non-hydrogen) atoms. The first-order valence-electron chi connectivity index (χ1n) is 5.77. The lowest BCUT2D eigenvalue weighted by molar-refractivity contribution is 0.615. The SMILES string of the molecule is Fc1cc(CNC2CC2)cc(Sc2ncns2)c1. The van der Waals surface area contributed by atoms with Gasteiger partial charge in [0.05, 0.1) is 0 Å². The Bertz CT molecular complexity index is 526. The highest BCUT2D eigenvalue weighted by molar-refractivity contribution is 8.01. The van der Waals surface area contributed by atoms with Crippen LogP contribution in [0.25, 0.3) is 0 Å². The number of aromatic nitrogens is 2. The number of hydrogen-bond acceptors (Lipinski definition) is 5. The second kappa shape index (κ2) is 5.34. The minimum absolute atomic E-state index is 0.197. The molecule has 1 aliphatic carbocycles. The number of rotatable bonds is 5. The average Bonchev–Trinajstić information content (AvgIpc) is 3.04. The van der Waals surface area contributed by atoms with Gasteiger partial charge in [-0.15, -0.1) is 0 Å². The molecule has 1 aromatic carbocycles. The Morgan fingerprint density at radius 1 is 1.39 bits per heavy atom. The maximum atomic E-state index is 13.5. The van der Waals surface area contributed by atoms with E-state index in [2.05, 4.69) is 14.7 Å². The Morgan fingerprint density at radius 2 is 2.28 bits per heavy atom. The van der Waals surface area contributed by atoms with E-state index in [0.29, 0.717) is 6.04 Å². The van der Waals surface area contributed by atoms with Gasteiger partial charge < -0.3 is 5.32 Å². The largest absolute Gasteiger partial charge is 0.310 e. The molecule has 3 nitrogen and oxygen atoms in total. The molecule has 1 aliphatic rings. The molecule has 1 saturated carbocycles. The van der Waals surface area contributed by atoms with Gasteiger partial charge in [-0.1, -0.05) is 11.8 Å². The minimum Gasteiger partial charge on any atom is -0.310 e. The Kier molecular flexibility index (Phi) is 3.58. The van der Waals surface area contributed by atoms with E-state index in [4.69, 9.17) is 0 Å². The van der Waals surface area contributed by atoms with Crippen molar-refractivity contribution in [3.8, 4) is 0 Å². The fraction of sp³-hybridized carbons (Fsp3) is 0.333. The normalized spacial score (nSPS) is 14.9. The van der Waals surface area contributed by atoms with Gasteiger partial charge in [-0.25, -0.2) is 9.37 Å². The summed E-state index contributed by atoms with van der Waals surface area (Å²) in [6.45, 7) is 0.728. The molecular formula is C12H12FN3S2. The molecule has 0 unspecified atom stereocenters. The molecule has 0 amide bonds. The number of benzene rings is 1. The summed E-state index contributed by atoms with van der Waals surface area (Å²) in [5.41, 5.74) is 0.980. The molecule has 1 N–H and O–H groups in total. The molecule has 0 saturated heterocycles. The monoisotopic (exact) mass is 281 g/mol. The van der Waals surface area contributed by atoms with Crippen molar-refractivity contribution in [3.05, 3.63) is 35.9 Å². The molecule has 6 heteroatoms. The van der Waals surface area contributed by atoms with Crippen LogP contribution < -0.4 is 5.32 Å². The van der Waals surface area contributed by atoms with Gasteiger partial charge >= 0.3 is 0 Å². The summed E-state index contributed by atoms with van der Waals surface area (Å²) in [6.07, 6.45) is 3.99. The Hall–Kier alpha value is -0.980. The van der Waals surface area contributed by atoms with Gasteiger partial charge in [-0.2, -0.15) is 4.37 Å². The lowest BCUT2D eigenvalue weighted by Gasteiger charge is -2.05. The molecule has 94 valence electrons. The smallest absolute Gasteiger partial charge is 0.174 e. The van der Waals surface area contributed by atoms with Gasteiger partial charge in [0.1, 0.15) is 12.1 Å². The number of nitrogens with zero attached hydrogens (tertiary/aromatic N) is 2. The van der Waals surface area contributed by atoms with Gasteiger partial charge in [0.2, 0.25) is 0 Å². The van der Waals surface area contributed by atoms with Crippen LogP contribution in [0.1, 0.15) is 18.4 Å². The van der Waals surface area contributed by atoms with E-state index in [9.17, 15) is 4.39 Å². The van der Waals surface area contributed by atoms with Gasteiger partial charge in [0, 0.05) is 17.5 Å². The minimum atomic E-state index is -0.197. The fourth-order valence-corrected chi connectivity index (χ4v) is 3.17. The number of halogens is 1. The summed E-state index contributed by atoms with van der Waals surface area (Å²) >= 11 is 2.77. The standard InChI is InChI=1S/C12H12FN3S2/c13-9-3-8(6-14-10-1-2-10)4-11(5-9)17-12-15-7-16-18-12/h3-5,7,10,14H,1-2,6H2. The van der Waals surface area contributed by atoms with Crippen LogP contribution in [-0.2, 0) is 6.54 Å². The summed E-state index contributed by atoms with van der Waals surface area (Å²) in [4.78, 5) is 4.96. The third-order valence-electron chi connectivity index (χ3n) is 2.65. The Morgan fingerprint density at radius 3 is 3.00 bits per heavy atom. The zero-order chi connectivity index (χ0) is 12.4. The van der Waals surface area contributed by atoms with Crippen LogP contribution in [0.15, 0.2) is 33.8 Å². The lowest BCUT2D eigenvalue weighted by Crippen LogP contribution is -2.15. The van der Waals surface area contributed by atoms with E-state index in [-0.39, 0.29) is 5.82 Å². The highest BCUT2D eigenvalue weighted by Crippen LogP contribution is 2.29. The van der Waals surface area contributed by atoms with E-state index < -0.39 is 0 Å². The summed E-state index contributed by atoms with van der Waals surface area (Å²) in [5.74, 6) is -0.197. The van der Waals surface area contributed by atoms with Crippen LogP contribution in [0, 0.1) is 5.82 Å². The Labute approximate surface area is 113 Å². The topological polar surface area (TPSA) is 37.8 Å². The molecule has 1 heterocycles. The van der Waals surface area contributed by atoms with E-state index in [1.807, 2.05) is 6.07 Å². The van der Waals surface area contributed by atoms with Gasteiger partial charge in [-0.3, -0.25) is 0 Å². The zero-order valence-electron chi connectivity index (χ0n) is 9.60. The van der Waals surface area contributed by atoms with Gasteiger partial charge in [0.25, 0.3) is 0 Å². The first-order chi connectivity index (χ1) is 8.79. The molecule has 0 atom stereocenters. The van der Waals surface area contributed by atoms with Crippen molar-refractivity contribution in [1.82, 2.24) is 14.7 Å². The molecule has 0 spiro atoms. The van der Waals surface area contributed by atoms with E-state index in [0.717, 1.165) is 21.3 Å². The molecular weight excluding hydrogens is 269 g/mol. The van der Waals surface area contributed by atoms with Crippen LogP contribution >= 0.6 is 23.3 Å². The third kappa shape index (κ3) is 3.28. The predicted octanol–water partition coefficient (Wildman–Crippen LogP) is 3.08. The second-order valence-corrected chi connectivity index (χ2v) is 6.36. The van der Waals surface area contributed by atoms with Crippen LogP contribution in [-0.4, -0.2) is 15.4 Å². The number of nitrogens with one attached hydrogen (secondary N) is 1. The Balaban J connectivity index is 1.72. The maximum absolute atomic E-state index is 13.5. The average molecular weight is 281 g/mol. The molecule has 2 aromatic rings. The van der Waals surface area contributed by atoms with E-state index >= 15 is 0 Å². The van der Waals surface area contributed by atoms with E-state index in [1.54, 1.807) is 6.07 Å². The summed E-state index contributed by atoms with van der Waals surface area (Å²) in [5, 5.41) is 3.38. The molecule has 1 aromatic heterocycles. The van der Waals surface area contributed by atoms with Crippen LogP contribution in [0.5, 0.6) is 0 Å². The molecule has 0 radical (unpaired) electrons. The predicted molar refractivity (Wildman–Crippen MR) is 70.3 cm³/mol. The highest BCUT2D eigenvalue weighted by Gasteiger charge is 2.20. The van der Waals surface area contributed by atoms with Crippen molar-refractivity contribution in [2.75, 3.05) is 0 Å². The van der Waals surface area contributed by atoms with Crippen molar-refractivity contribution in [2.45, 2.75) is 34.7 Å². The van der Waals surface area contributed by atoms with Crippen LogP contribution in [0.3, 0.4) is 0 Å². The van der Waals surface area contributed by atoms with Crippen LogP contribution in [0.2, 0.25) is 0 Å². The quantitative estimate of drug-likeness (QED) is 0.914.